The van der Waals surface area contributed by atoms with Gasteiger partial charge in [-0.1, -0.05) is 6.92 Å². The van der Waals surface area contributed by atoms with Crippen molar-refractivity contribution in [2.45, 2.75) is 70.8 Å². The summed E-state index contributed by atoms with van der Waals surface area (Å²) in [5, 5.41) is 3.24. The van der Waals surface area contributed by atoms with Crippen molar-refractivity contribution in [1.29, 1.82) is 0 Å². The Balaban J connectivity index is 1.23. The number of piperidine rings is 1. The van der Waals surface area contributed by atoms with Gasteiger partial charge >= 0.3 is 6.03 Å². The summed E-state index contributed by atoms with van der Waals surface area (Å²) in [7, 11) is -3.17. The van der Waals surface area contributed by atoms with Crippen molar-refractivity contribution in [3.8, 4) is 0 Å². The molecule has 0 atom stereocenters. The van der Waals surface area contributed by atoms with Gasteiger partial charge in [-0.25, -0.2) is 17.9 Å². The van der Waals surface area contributed by atoms with E-state index in [1.54, 1.807) is 0 Å². The molecule has 0 radical (unpaired) electrons. The molecule has 4 bridgehead atoms. The van der Waals surface area contributed by atoms with Gasteiger partial charge in [0.15, 0.2) is 0 Å². The van der Waals surface area contributed by atoms with Gasteiger partial charge in [0.25, 0.3) is 0 Å². The van der Waals surface area contributed by atoms with Crippen molar-refractivity contribution in [2.24, 2.45) is 23.2 Å². The summed E-state index contributed by atoms with van der Waals surface area (Å²) < 4.78 is 26.6. The molecule has 0 unspecified atom stereocenters. The smallest absolute Gasteiger partial charge is 0.317 e. The largest absolute Gasteiger partial charge is 0.337 e. The maximum absolute atomic E-state index is 12.7. The Morgan fingerprint density at radius 3 is 2.11 bits per heavy atom. The average Bonchev–Trinajstić information content (AvgIpc) is 2.59. The molecule has 154 valence electrons. The quantitative estimate of drug-likeness (QED) is 0.723. The third-order valence-electron chi connectivity index (χ3n) is 7.38. The van der Waals surface area contributed by atoms with E-state index in [0.717, 1.165) is 24.3 Å². The van der Waals surface area contributed by atoms with Gasteiger partial charge in [0, 0.05) is 25.7 Å². The number of carbonyl (C=O) groups excluding carboxylic acids is 1. The van der Waals surface area contributed by atoms with E-state index in [1.165, 1.54) is 38.5 Å². The van der Waals surface area contributed by atoms with Crippen LogP contribution in [-0.2, 0) is 10.0 Å². The van der Waals surface area contributed by atoms with Crippen molar-refractivity contribution in [1.82, 2.24) is 14.9 Å². The maximum atomic E-state index is 12.7. The Bertz CT molecular complexity index is 620. The zero-order valence-corrected chi connectivity index (χ0v) is 17.4. The third-order valence-corrected chi connectivity index (χ3v) is 9.02. The van der Waals surface area contributed by atoms with Crippen LogP contribution in [0.1, 0.15) is 64.7 Å². The number of amides is 2. The van der Waals surface area contributed by atoms with Gasteiger partial charge in [-0.3, -0.25) is 0 Å². The van der Waals surface area contributed by atoms with Crippen LogP contribution < -0.4 is 10.0 Å². The van der Waals surface area contributed by atoms with E-state index in [2.05, 4.69) is 10.0 Å². The molecule has 1 heterocycles. The van der Waals surface area contributed by atoms with E-state index >= 15 is 0 Å². The molecule has 0 aromatic rings. The van der Waals surface area contributed by atoms with Crippen LogP contribution in [0.15, 0.2) is 0 Å². The number of carbonyl (C=O) groups is 1. The van der Waals surface area contributed by atoms with E-state index in [9.17, 15) is 13.2 Å². The Morgan fingerprint density at radius 1 is 1.04 bits per heavy atom. The molecule has 5 fully saturated rings. The minimum atomic E-state index is -3.17. The van der Waals surface area contributed by atoms with Crippen molar-refractivity contribution >= 4 is 16.1 Å². The van der Waals surface area contributed by atoms with Gasteiger partial charge in [0.05, 0.1) is 5.75 Å². The number of hydrogen-bond donors (Lipinski definition) is 2. The fourth-order valence-electron chi connectivity index (χ4n) is 6.66. The Kier molecular flexibility index (Phi) is 5.45. The van der Waals surface area contributed by atoms with Crippen molar-refractivity contribution in [3.63, 3.8) is 0 Å². The molecule has 7 heteroatoms. The Morgan fingerprint density at radius 2 is 1.59 bits per heavy atom. The molecule has 4 saturated carbocycles. The second kappa shape index (κ2) is 7.54. The van der Waals surface area contributed by atoms with Crippen LogP contribution in [0.5, 0.6) is 0 Å². The lowest BCUT2D eigenvalue weighted by Crippen LogP contribution is -2.54. The first-order valence-electron chi connectivity index (χ1n) is 10.9. The van der Waals surface area contributed by atoms with Gasteiger partial charge in [0.2, 0.25) is 10.0 Å². The highest BCUT2D eigenvalue weighted by atomic mass is 32.2. The van der Waals surface area contributed by atoms with Gasteiger partial charge in [-0.05, 0) is 81.0 Å². The van der Waals surface area contributed by atoms with Gasteiger partial charge < -0.3 is 10.2 Å². The highest BCUT2D eigenvalue weighted by Crippen LogP contribution is 2.59. The summed E-state index contributed by atoms with van der Waals surface area (Å²) in [5.41, 5.74) is 0.360. The molecular weight excluding hydrogens is 362 g/mol. The summed E-state index contributed by atoms with van der Waals surface area (Å²) in [5.74, 6) is 2.89. The molecule has 27 heavy (non-hydrogen) atoms. The van der Waals surface area contributed by atoms with Crippen LogP contribution in [0.4, 0.5) is 4.79 Å². The minimum absolute atomic E-state index is 0.0336. The number of hydrogen-bond acceptors (Lipinski definition) is 3. The van der Waals surface area contributed by atoms with Crippen molar-refractivity contribution in [2.75, 3.05) is 25.4 Å². The lowest BCUT2D eigenvalue weighted by atomic mass is 9.49. The average molecular weight is 398 g/mol. The van der Waals surface area contributed by atoms with Crippen LogP contribution in [0.25, 0.3) is 0 Å². The topological polar surface area (TPSA) is 78.5 Å². The molecule has 1 aliphatic heterocycles. The second-order valence-corrected chi connectivity index (χ2v) is 11.6. The summed E-state index contributed by atoms with van der Waals surface area (Å²) in [4.78, 5) is 14.5. The second-order valence-electron chi connectivity index (χ2n) is 9.77. The van der Waals surface area contributed by atoms with Crippen LogP contribution in [0, 0.1) is 23.2 Å². The third kappa shape index (κ3) is 4.44. The molecular formula is C20H35N3O3S. The molecule has 4 aliphatic carbocycles. The van der Waals surface area contributed by atoms with Crippen LogP contribution in [-0.4, -0.2) is 50.8 Å². The first-order valence-corrected chi connectivity index (χ1v) is 12.5. The van der Waals surface area contributed by atoms with E-state index in [-0.39, 0.29) is 17.8 Å². The number of likely N-dealkylation sites (tertiary alicyclic amines) is 1. The number of urea groups is 1. The molecule has 0 spiro atoms. The lowest BCUT2D eigenvalue weighted by molar-refractivity contribution is -0.0503. The molecule has 2 N–H and O–H groups in total. The van der Waals surface area contributed by atoms with E-state index < -0.39 is 10.0 Å². The summed E-state index contributed by atoms with van der Waals surface area (Å²) in [6, 6.07) is 0.00867. The molecule has 6 nitrogen and oxygen atoms in total. The van der Waals surface area contributed by atoms with E-state index in [1.807, 2.05) is 11.8 Å². The lowest BCUT2D eigenvalue weighted by Gasteiger charge is -2.57. The zero-order chi connectivity index (χ0) is 19.1. The van der Waals surface area contributed by atoms with Gasteiger partial charge in [-0.15, -0.1) is 0 Å². The first-order chi connectivity index (χ1) is 12.9. The predicted molar refractivity (Wildman–Crippen MR) is 106 cm³/mol. The maximum Gasteiger partial charge on any atom is 0.317 e. The molecule has 1 saturated heterocycles. The number of rotatable bonds is 6. The monoisotopic (exact) mass is 397 g/mol. The summed E-state index contributed by atoms with van der Waals surface area (Å²) in [6.07, 6.45) is 10.2. The van der Waals surface area contributed by atoms with Gasteiger partial charge in [-0.2, -0.15) is 0 Å². The predicted octanol–water partition coefficient (Wildman–Crippen LogP) is 2.71. The molecule has 5 aliphatic rings. The molecule has 0 aromatic carbocycles. The highest BCUT2D eigenvalue weighted by Gasteiger charge is 2.50. The SMILES string of the molecule is CCCS(=O)(=O)NC1CCN(C(=O)NCC23CC4CC(CC(C4)C2)C3)CC1. The minimum Gasteiger partial charge on any atom is -0.337 e. The zero-order valence-electron chi connectivity index (χ0n) is 16.6. The Labute approximate surface area is 163 Å². The fraction of sp³-hybridized carbons (Fsp3) is 0.950. The molecule has 2 amide bonds. The van der Waals surface area contributed by atoms with E-state index in [4.69, 9.17) is 0 Å². The Hall–Kier alpha value is -0.820. The summed E-state index contributed by atoms with van der Waals surface area (Å²) >= 11 is 0. The highest BCUT2D eigenvalue weighted by molar-refractivity contribution is 7.89. The van der Waals surface area contributed by atoms with Crippen LogP contribution >= 0.6 is 0 Å². The normalized spacial score (nSPS) is 36.2. The summed E-state index contributed by atoms with van der Waals surface area (Å²) in [6.45, 7) is 3.96. The first kappa shape index (κ1) is 19.5. The van der Waals surface area contributed by atoms with E-state index in [0.29, 0.717) is 37.8 Å². The fourth-order valence-corrected chi connectivity index (χ4v) is 8.06. The molecule has 0 aromatic heterocycles. The number of sulfonamides is 1. The van der Waals surface area contributed by atoms with Crippen LogP contribution in [0.2, 0.25) is 0 Å². The number of nitrogens with one attached hydrogen (secondary N) is 2. The van der Waals surface area contributed by atoms with Gasteiger partial charge in [0.1, 0.15) is 0 Å². The number of nitrogens with zero attached hydrogens (tertiary/aromatic N) is 1. The van der Waals surface area contributed by atoms with Crippen LogP contribution in [0.3, 0.4) is 0 Å². The standard InChI is InChI=1S/C20H35N3O3S/c1-2-7-27(25,26)22-18-3-5-23(6-4-18)19(24)21-14-20-11-15-8-16(12-20)10-17(9-15)13-20/h15-18,22H,2-14H2,1H3,(H,21,24). The van der Waals surface area contributed by atoms with Crippen molar-refractivity contribution < 1.29 is 13.2 Å². The van der Waals surface area contributed by atoms with Crippen molar-refractivity contribution in [3.05, 3.63) is 0 Å². The molecule has 5 rings (SSSR count).